The summed E-state index contributed by atoms with van der Waals surface area (Å²) in [5.41, 5.74) is 7.31. The van der Waals surface area contributed by atoms with Crippen LogP contribution >= 0.6 is 0 Å². The van der Waals surface area contributed by atoms with E-state index in [1.54, 1.807) is 6.33 Å². The van der Waals surface area contributed by atoms with Gasteiger partial charge in [0.15, 0.2) is 0 Å². The molecule has 2 rings (SSSR count). The SMILES string of the molecule is Cc1cc(C(N)Cc2ncnn2CC(C)C)c(C)o1. The Labute approximate surface area is 113 Å². The Kier molecular flexibility index (Phi) is 4.04. The fraction of sp³-hybridized carbons (Fsp3) is 0.571. The molecule has 0 aliphatic heterocycles. The normalized spacial score (nSPS) is 13.2. The van der Waals surface area contributed by atoms with Gasteiger partial charge in [-0.3, -0.25) is 0 Å². The zero-order chi connectivity index (χ0) is 14.0. The van der Waals surface area contributed by atoms with Crippen LogP contribution in [0.1, 0.15) is 42.8 Å². The molecule has 2 N–H and O–H groups in total. The van der Waals surface area contributed by atoms with Crippen LogP contribution in [0.5, 0.6) is 0 Å². The largest absolute Gasteiger partial charge is 0.466 e. The van der Waals surface area contributed by atoms with E-state index < -0.39 is 0 Å². The molecule has 1 atom stereocenters. The summed E-state index contributed by atoms with van der Waals surface area (Å²) < 4.78 is 7.46. The van der Waals surface area contributed by atoms with Gasteiger partial charge in [0.05, 0.1) is 0 Å². The first-order chi connectivity index (χ1) is 8.97. The average Bonchev–Trinajstić information content (AvgIpc) is 2.85. The van der Waals surface area contributed by atoms with Crippen molar-refractivity contribution in [2.45, 2.75) is 46.7 Å². The van der Waals surface area contributed by atoms with Crippen LogP contribution in [0.3, 0.4) is 0 Å². The van der Waals surface area contributed by atoms with Crippen molar-refractivity contribution in [2.75, 3.05) is 0 Å². The van der Waals surface area contributed by atoms with Crippen molar-refractivity contribution < 1.29 is 4.42 Å². The topological polar surface area (TPSA) is 69.9 Å². The quantitative estimate of drug-likeness (QED) is 0.898. The Morgan fingerprint density at radius 3 is 2.68 bits per heavy atom. The molecule has 0 aromatic carbocycles. The van der Waals surface area contributed by atoms with Gasteiger partial charge in [-0.2, -0.15) is 5.10 Å². The highest BCUT2D eigenvalue weighted by molar-refractivity contribution is 5.24. The molecule has 1 unspecified atom stereocenters. The van der Waals surface area contributed by atoms with Crippen molar-refractivity contribution in [3.63, 3.8) is 0 Å². The molecule has 0 bridgehead atoms. The fourth-order valence-corrected chi connectivity index (χ4v) is 2.27. The molecule has 0 spiro atoms. The van der Waals surface area contributed by atoms with Gasteiger partial charge in [-0.25, -0.2) is 9.67 Å². The summed E-state index contributed by atoms with van der Waals surface area (Å²) in [6.07, 6.45) is 2.27. The zero-order valence-electron chi connectivity index (χ0n) is 12.1. The van der Waals surface area contributed by atoms with Crippen LogP contribution in [-0.4, -0.2) is 14.8 Å². The van der Waals surface area contributed by atoms with E-state index in [2.05, 4.69) is 23.9 Å². The van der Waals surface area contributed by atoms with E-state index in [1.165, 1.54) is 0 Å². The van der Waals surface area contributed by atoms with Crippen LogP contribution in [0.2, 0.25) is 0 Å². The van der Waals surface area contributed by atoms with Gasteiger partial charge in [0.1, 0.15) is 23.7 Å². The summed E-state index contributed by atoms with van der Waals surface area (Å²) in [5, 5.41) is 4.26. The first-order valence-electron chi connectivity index (χ1n) is 6.66. The molecule has 2 aromatic rings. The molecule has 2 aromatic heterocycles. The Morgan fingerprint density at radius 2 is 2.11 bits per heavy atom. The van der Waals surface area contributed by atoms with E-state index in [0.29, 0.717) is 12.3 Å². The minimum atomic E-state index is -0.104. The van der Waals surface area contributed by atoms with Gasteiger partial charge in [-0.05, 0) is 25.8 Å². The minimum Gasteiger partial charge on any atom is -0.466 e. The lowest BCUT2D eigenvalue weighted by Crippen LogP contribution is -2.18. The molecular formula is C14H22N4O. The van der Waals surface area contributed by atoms with Crippen molar-refractivity contribution in [1.29, 1.82) is 0 Å². The molecule has 0 fully saturated rings. The second-order valence-electron chi connectivity index (χ2n) is 5.43. The summed E-state index contributed by atoms with van der Waals surface area (Å²) in [4.78, 5) is 4.31. The second-order valence-corrected chi connectivity index (χ2v) is 5.43. The Balaban J connectivity index is 2.13. The Bertz CT molecular complexity index is 541. The van der Waals surface area contributed by atoms with Gasteiger partial charge in [-0.15, -0.1) is 0 Å². The van der Waals surface area contributed by atoms with Gasteiger partial charge in [0.2, 0.25) is 0 Å². The molecule has 5 nitrogen and oxygen atoms in total. The number of hydrogen-bond acceptors (Lipinski definition) is 4. The first-order valence-corrected chi connectivity index (χ1v) is 6.66. The van der Waals surface area contributed by atoms with Gasteiger partial charge < -0.3 is 10.2 Å². The van der Waals surface area contributed by atoms with Crippen molar-refractivity contribution in [3.8, 4) is 0 Å². The molecule has 0 saturated heterocycles. The van der Waals surface area contributed by atoms with E-state index in [9.17, 15) is 0 Å². The summed E-state index contributed by atoms with van der Waals surface area (Å²) >= 11 is 0. The summed E-state index contributed by atoms with van der Waals surface area (Å²) in [6.45, 7) is 9.07. The number of furan rings is 1. The zero-order valence-corrected chi connectivity index (χ0v) is 12.1. The van der Waals surface area contributed by atoms with Crippen molar-refractivity contribution in [3.05, 3.63) is 35.3 Å². The number of aryl methyl sites for hydroxylation is 2. The van der Waals surface area contributed by atoms with E-state index in [1.807, 2.05) is 24.6 Å². The summed E-state index contributed by atoms with van der Waals surface area (Å²) in [7, 11) is 0. The average molecular weight is 262 g/mol. The fourth-order valence-electron chi connectivity index (χ4n) is 2.27. The van der Waals surface area contributed by atoms with E-state index in [4.69, 9.17) is 10.2 Å². The third-order valence-electron chi connectivity index (χ3n) is 3.12. The van der Waals surface area contributed by atoms with Gasteiger partial charge in [0, 0.05) is 24.6 Å². The molecule has 0 aliphatic carbocycles. The molecule has 2 heterocycles. The molecule has 0 radical (unpaired) electrons. The van der Waals surface area contributed by atoms with Crippen LogP contribution in [0.4, 0.5) is 0 Å². The lowest BCUT2D eigenvalue weighted by molar-refractivity contribution is 0.457. The van der Waals surface area contributed by atoms with Crippen molar-refractivity contribution in [2.24, 2.45) is 11.7 Å². The lowest BCUT2D eigenvalue weighted by atomic mass is 10.0. The summed E-state index contributed by atoms with van der Waals surface area (Å²) in [6, 6.07) is 1.90. The third kappa shape index (κ3) is 3.23. The highest BCUT2D eigenvalue weighted by Gasteiger charge is 2.17. The van der Waals surface area contributed by atoms with E-state index in [-0.39, 0.29) is 6.04 Å². The van der Waals surface area contributed by atoms with E-state index in [0.717, 1.165) is 29.5 Å². The number of nitrogens with two attached hydrogens (primary N) is 1. The maximum Gasteiger partial charge on any atom is 0.138 e. The molecular weight excluding hydrogens is 240 g/mol. The molecule has 104 valence electrons. The standard InChI is InChI=1S/C14H22N4O/c1-9(2)7-18-14(16-8-17-18)6-13(15)12-5-10(3)19-11(12)4/h5,8-9,13H,6-7,15H2,1-4H3. The number of aromatic nitrogens is 3. The highest BCUT2D eigenvalue weighted by atomic mass is 16.3. The maximum absolute atomic E-state index is 6.26. The van der Waals surface area contributed by atoms with Crippen LogP contribution in [-0.2, 0) is 13.0 Å². The van der Waals surface area contributed by atoms with Gasteiger partial charge in [-0.1, -0.05) is 13.8 Å². The monoisotopic (exact) mass is 262 g/mol. The minimum absolute atomic E-state index is 0.104. The highest BCUT2D eigenvalue weighted by Crippen LogP contribution is 2.22. The second kappa shape index (κ2) is 5.57. The predicted octanol–water partition coefficient (Wildman–Crippen LogP) is 2.39. The van der Waals surface area contributed by atoms with Crippen LogP contribution in [0.15, 0.2) is 16.8 Å². The smallest absolute Gasteiger partial charge is 0.138 e. The van der Waals surface area contributed by atoms with E-state index >= 15 is 0 Å². The molecule has 5 heteroatoms. The molecule has 0 saturated carbocycles. The predicted molar refractivity (Wildman–Crippen MR) is 73.7 cm³/mol. The van der Waals surface area contributed by atoms with Crippen molar-refractivity contribution in [1.82, 2.24) is 14.8 Å². The number of hydrogen-bond donors (Lipinski definition) is 1. The third-order valence-corrected chi connectivity index (χ3v) is 3.12. The lowest BCUT2D eigenvalue weighted by Gasteiger charge is -2.12. The van der Waals surface area contributed by atoms with Crippen LogP contribution in [0.25, 0.3) is 0 Å². The Hall–Kier alpha value is -1.62. The summed E-state index contributed by atoms with van der Waals surface area (Å²) in [5.74, 6) is 3.25. The number of nitrogens with zero attached hydrogens (tertiary/aromatic N) is 3. The van der Waals surface area contributed by atoms with Gasteiger partial charge >= 0.3 is 0 Å². The van der Waals surface area contributed by atoms with Crippen molar-refractivity contribution >= 4 is 0 Å². The molecule has 0 aliphatic rings. The first kappa shape index (κ1) is 13.8. The maximum atomic E-state index is 6.26. The molecule has 19 heavy (non-hydrogen) atoms. The number of rotatable bonds is 5. The van der Waals surface area contributed by atoms with Crippen LogP contribution in [0, 0.1) is 19.8 Å². The molecule has 0 amide bonds. The van der Waals surface area contributed by atoms with Gasteiger partial charge in [0.25, 0.3) is 0 Å². The van der Waals surface area contributed by atoms with Crippen LogP contribution < -0.4 is 5.73 Å². The Morgan fingerprint density at radius 1 is 1.37 bits per heavy atom.